The number of aromatic hydroxyl groups is 1. The van der Waals surface area contributed by atoms with Crippen LogP contribution < -0.4 is 16.0 Å². The zero-order valence-electron chi connectivity index (χ0n) is 33.0. The minimum Gasteiger partial charge on any atom is -0.507 e. The van der Waals surface area contributed by atoms with E-state index in [-0.39, 0.29) is 41.8 Å². The molecule has 4 amide bonds. The van der Waals surface area contributed by atoms with E-state index in [0.717, 1.165) is 44.8 Å². The maximum Gasteiger partial charge on any atom is 0.328 e. The Balaban J connectivity index is 1.71. The zero-order chi connectivity index (χ0) is 40.0. The normalized spacial score (nSPS) is 15.9. The number of benzene rings is 1. The fourth-order valence-electron chi connectivity index (χ4n) is 6.61. The third-order valence-electron chi connectivity index (χ3n) is 10.1. The summed E-state index contributed by atoms with van der Waals surface area (Å²) in [6.45, 7) is 5.72. The van der Waals surface area contributed by atoms with Crippen molar-refractivity contribution in [1.82, 2.24) is 26.0 Å². The molecule has 0 bridgehead atoms. The van der Waals surface area contributed by atoms with Gasteiger partial charge in [-0.3, -0.25) is 24.4 Å². The Labute approximate surface area is 325 Å². The van der Waals surface area contributed by atoms with Crippen LogP contribution in [-0.2, 0) is 23.9 Å². The van der Waals surface area contributed by atoms with E-state index in [0.29, 0.717) is 37.3 Å². The SMILES string of the molecule is CCCCCCCCCCCCC[C@H](OC(=O)[C@H](CCCCN(O)C(C)=O)NC(=O)c1coc(-c2ccccc2O)n1)[C@@H](C)C(=O)N[C@H]1CCCCNC1=O. The molecule has 14 heteroatoms. The van der Waals surface area contributed by atoms with Crippen molar-refractivity contribution in [2.24, 2.45) is 5.92 Å². The highest BCUT2D eigenvalue weighted by Gasteiger charge is 2.33. The maximum absolute atomic E-state index is 13.9. The van der Waals surface area contributed by atoms with Gasteiger partial charge in [0.2, 0.25) is 23.6 Å². The van der Waals surface area contributed by atoms with Crippen LogP contribution in [-0.4, -0.2) is 81.2 Å². The largest absolute Gasteiger partial charge is 0.507 e. The molecule has 2 heterocycles. The standard InChI is InChI=1S/C41H63N5O9/c1-4-5-6-7-8-9-10-11-12-13-14-25-36(29(2)37(49)43-32-22-17-19-26-42-38(32)50)55-41(52)33(23-18-20-27-46(53)30(3)47)44-39(51)34-28-54-40(45-34)31-21-15-16-24-35(31)48/h15-16,21,24,28-29,32-33,36,48,53H,4-14,17-20,22-23,25-27H2,1-3H3,(H,42,50)(H,43,49)(H,44,51)/t29-,32+,33+,36+/m1/s1. The third-order valence-corrected chi connectivity index (χ3v) is 10.1. The van der Waals surface area contributed by atoms with E-state index in [4.69, 9.17) is 9.15 Å². The van der Waals surface area contributed by atoms with Crippen molar-refractivity contribution in [3.8, 4) is 17.2 Å². The molecule has 1 aromatic carbocycles. The Morgan fingerprint density at radius 1 is 0.964 bits per heavy atom. The van der Waals surface area contributed by atoms with Crippen molar-refractivity contribution in [2.75, 3.05) is 13.1 Å². The number of nitrogens with one attached hydrogen (secondary N) is 3. The summed E-state index contributed by atoms with van der Waals surface area (Å²) in [7, 11) is 0. The van der Waals surface area contributed by atoms with Gasteiger partial charge in [-0.2, -0.15) is 0 Å². The van der Waals surface area contributed by atoms with Crippen molar-refractivity contribution >= 4 is 29.6 Å². The summed E-state index contributed by atoms with van der Waals surface area (Å²) in [4.78, 5) is 69.2. The minimum absolute atomic E-state index is 0.0175. The number of hydrogen-bond donors (Lipinski definition) is 5. The number of phenols is 1. The number of carbonyl (C=O) groups excluding carboxylic acids is 5. The molecule has 1 aliphatic rings. The molecule has 2 aromatic rings. The smallest absolute Gasteiger partial charge is 0.328 e. The quantitative estimate of drug-likeness (QED) is 0.0318. The Bertz CT molecular complexity index is 1500. The van der Waals surface area contributed by atoms with Crippen LogP contribution in [0.25, 0.3) is 11.5 Å². The molecule has 5 N–H and O–H groups in total. The van der Waals surface area contributed by atoms with Gasteiger partial charge in [0.15, 0.2) is 5.69 Å². The molecule has 0 unspecified atom stereocenters. The molecule has 14 nitrogen and oxygen atoms in total. The molecule has 0 spiro atoms. The molecular formula is C41H63N5O9. The van der Waals surface area contributed by atoms with Crippen LogP contribution in [0.5, 0.6) is 5.75 Å². The second kappa shape index (κ2) is 24.8. The number of nitrogens with zero attached hydrogens (tertiary/aromatic N) is 2. The van der Waals surface area contributed by atoms with E-state index in [1.165, 1.54) is 57.9 Å². The summed E-state index contributed by atoms with van der Waals surface area (Å²) in [5.41, 5.74) is 0.163. The van der Waals surface area contributed by atoms with Gasteiger partial charge in [-0.15, -0.1) is 0 Å². The molecule has 0 aliphatic carbocycles. The highest BCUT2D eigenvalue weighted by molar-refractivity contribution is 5.95. The summed E-state index contributed by atoms with van der Waals surface area (Å²) in [6, 6.07) is 4.54. The van der Waals surface area contributed by atoms with Crippen molar-refractivity contribution in [3.05, 3.63) is 36.2 Å². The molecule has 1 aromatic heterocycles. The first kappa shape index (κ1) is 44.9. The second-order valence-corrected chi connectivity index (χ2v) is 14.7. The fraction of sp³-hybridized carbons (Fsp3) is 0.659. The van der Waals surface area contributed by atoms with E-state index < -0.39 is 47.8 Å². The minimum atomic E-state index is -1.16. The lowest BCUT2D eigenvalue weighted by Gasteiger charge is -2.27. The monoisotopic (exact) mass is 769 g/mol. The van der Waals surface area contributed by atoms with Crippen LogP contribution >= 0.6 is 0 Å². The second-order valence-electron chi connectivity index (χ2n) is 14.7. The number of unbranched alkanes of at least 4 members (excludes halogenated alkanes) is 11. The molecule has 1 saturated heterocycles. The van der Waals surface area contributed by atoms with Crippen molar-refractivity contribution < 1.29 is 43.4 Å². The predicted octanol–water partition coefficient (Wildman–Crippen LogP) is 6.59. The molecule has 1 fully saturated rings. The Kier molecular flexibility index (Phi) is 20.3. The number of rotatable bonds is 25. The summed E-state index contributed by atoms with van der Waals surface area (Å²) in [5, 5.41) is 29.0. The number of hydrogen-bond acceptors (Lipinski definition) is 10. The molecule has 3 rings (SSSR count). The number of para-hydroxylation sites is 1. The van der Waals surface area contributed by atoms with Gasteiger partial charge in [-0.1, -0.05) is 90.2 Å². The van der Waals surface area contributed by atoms with E-state index in [2.05, 4.69) is 27.9 Å². The Morgan fingerprint density at radius 2 is 1.62 bits per heavy atom. The zero-order valence-corrected chi connectivity index (χ0v) is 33.0. The highest BCUT2D eigenvalue weighted by Crippen LogP contribution is 2.28. The van der Waals surface area contributed by atoms with Crippen molar-refractivity contribution in [2.45, 2.75) is 155 Å². The van der Waals surface area contributed by atoms with Gasteiger partial charge in [-0.25, -0.2) is 14.8 Å². The maximum atomic E-state index is 13.9. The van der Waals surface area contributed by atoms with E-state index >= 15 is 0 Å². The van der Waals surface area contributed by atoms with Crippen LogP contribution in [0, 0.1) is 5.92 Å². The molecule has 4 atom stereocenters. The lowest BCUT2D eigenvalue weighted by Crippen LogP contribution is -2.50. The van der Waals surface area contributed by atoms with Gasteiger partial charge < -0.3 is 30.2 Å². The van der Waals surface area contributed by atoms with Crippen molar-refractivity contribution in [1.29, 1.82) is 0 Å². The van der Waals surface area contributed by atoms with E-state index in [1.807, 2.05) is 0 Å². The highest BCUT2D eigenvalue weighted by atomic mass is 16.5. The van der Waals surface area contributed by atoms with Crippen LogP contribution in [0.3, 0.4) is 0 Å². The Morgan fingerprint density at radius 3 is 2.29 bits per heavy atom. The number of aromatic nitrogens is 1. The molecular weight excluding hydrogens is 706 g/mol. The fourth-order valence-corrected chi connectivity index (χ4v) is 6.61. The summed E-state index contributed by atoms with van der Waals surface area (Å²) >= 11 is 0. The molecule has 55 heavy (non-hydrogen) atoms. The van der Waals surface area contributed by atoms with Gasteiger partial charge in [0, 0.05) is 20.0 Å². The van der Waals surface area contributed by atoms with Crippen LogP contribution in [0.1, 0.15) is 147 Å². The molecule has 0 saturated carbocycles. The molecule has 306 valence electrons. The van der Waals surface area contributed by atoms with Crippen molar-refractivity contribution in [3.63, 3.8) is 0 Å². The van der Waals surface area contributed by atoms with Gasteiger partial charge in [0.1, 0.15) is 30.2 Å². The van der Waals surface area contributed by atoms with Gasteiger partial charge in [0.25, 0.3) is 5.91 Å². The first-order valence-corrected chi connectivity index (χ1v) is 20.3. The summed E-state index contributed by atoms with van der Waals surface area (Å²) in [5.74, 6) is -3.45. The lowest BCUT2D eigenvalue weighted by molar-refractivity contribution is -0.163. The summed E-state index contributed by atoms with van der Waals surface area (Å²) < 4.78 is 11.5. The summed E-state index contributed by atoms with van der Waals surface area (Å²) in [6.07, 6.45) is 16.1. The van der Waals surface area contributed by atoms with Gasteiger partial charge in [0.05, 0.1) is 11.5 Å². The molecule has 0 radical (unpaired) electrons. The first-order chi connectivity index (χ1) is 26.5. The van der Waals surface area contributed by atoms with E-state index in [9.17, 15) is 34.3 Å². The van der Waals surface area contributed by atoms with Crippen LogP contribution in [0.15, 0.2) is 34.9 Å². The average molecular weight is 770 g/mol. The molecule has 1 aliphatic heterocycles. The van der Waals surface area contributed by atoms with Gasteiger partial charge in [-0.05, 0) is 63.5 Å². The lowest BCUT2D eigenvalue weighted by atomic mass is 9.96. The topological polar surface area (TPSA) is 200 Å². The van der Waals surface area contributed by atoms with E-state index in [1.54, 1.807) is 25.1 Å². The number of ether oxygens (including phenoxy) is 1. The number of phenolic OH excluding ortho intramolecular Hbond substituents is 1. The number of oxazole rings is 1. The number of amides is 4. The first-order valence-electron chi connectivity index (χ1n) is 20.3. The third kappa shape index (κ3) is 16.0. The van der Waals surface area contributed by atoms with Crippen LogP contribution in [0.2, 0.25) is 0 Å². The average Bonchev–Trinajstić information content (AvgIpc) is 3.58. The number of esters is 1. The number of carbonyl (C=O) groups is 5. The van der Waals surface area contributed by atoms with Crippen LogP contribution in [0.4, 0.5) is 0 Å². The Hall–Kier alpha value is -4.46. The van der Waals surface area contributed by atoms with Gasteiger partial charge >= 0.3 is 5.97 Å². The number of hydroxylamine groups is 2. The predicted molar refractivity (Wildman–Crippen MR) is 207 cm³/mol.